The summed E-state index contributed by atoms with van der Waals surface area (Å²) in [6, 6.07) is 7.66. The van der Waals surface area contributed by atoms with E-state index < -0.39 is 0 Å². The number of amides is 2. The van der Waals surface area contributed by atoms with Gasteiger partial charge in [-0.3, -0.25) is 0 Å². The Kier molecular flexibility index (Phi) is 3.51. The Morgan fingerprint density at radius 3 is 2.00 bits per heavy atom. The molecule has 0 saturated carbocycles. The minimum atomic E-state index is -0.341. The van der Waals surface area contributed by atoms with Crippen LogP contribution in [0, 0.1) is 0 Å². The summed E-state index contributed by atoms with van der Waals surface area (Å²) in [6.07, 6.45) is 0. The number of primary amides is 1. The second-order valence-electron chi connectivity index (χ2n) is 2.96. The lowest BCUT2D eigenvalue weighted by Gasteiger charge is -2.10. The molecule has 1 aliphatic heterocycles. The van der Waals surface area contributed by atoms with Gasteiger partial charge in [0, 0.05) is 13.1 Å². The minimum absolute atomic E-state index is 0.341. The number of nitrogens with two attached hydrogens (primary N) is 1. The van der Waals surface area contributed by atoms with E-state index in [9.17, 15) is 4.79 Å². The number of rotatable bonds is 0. The van der Waals surface area contributed by atoms with E-state index in [-0.39, 0.29) is 6.03 Å². The number of carbonyl (C=O) groups is 1. The first-order valence-corrected chi connectivity index (χ1v) is 4.88. The molecular formula is C11H16N2O. The smallest absolute Gasteiger partial charge is 0.315 e. The summed E-state index contributed by atoms with van der Waals surface area (Å²) in [5.74, 6) is 0. The highest BCUT2D eigenvalue weighted by Crippen LogP contribution is 2.21. The van der Waals surface area contributed by atoms with Crippen LogP contribution in [0.3, 0.4) is 0 Å². The van der Waals surface area contributed by atoms with Crippen LogP contribution < -0.4 is 5.73 Å². The lowest BCUT2D eigenvalue weighted by molar-refractivity contribution is 0.208. The van der Waals surface area contributed by atoms with Gasteiger partial charge in [-0.25, -0.2) is 4.79 Å². The van der Waals surface area contributed by atoms with Gasteiger partial charge in [-0.15, -0.1) is 0 Å². The Labute approximate surface area is 84.5 Å². The number of nitrogens with zero attached hydrogens (tertiary/aromatic N) is 1. The fraction of sp³-hybridized carbons (Fsp3) is 0.364. The molecule has 1 heterocycles. The average Bonchev–Trinajstić information content (AvgIpc) is 2.64. The van der Waals surface area contributed by atoms with Gasteiger partial charge in [-0.1, -0.05) is 38.1 Å². The average molecular weight is 192 g/mol. The summed E-state index contributed by atoms with van der Waals surface area (Å²) in [6.45, 7) is 5.32. The van der Waals surface area contributed by atoms with Crippen molar-refractivity contribution in [2.75, 3.05) is 0 Å². The van der Waals surface area contributed by atoms with Crippen molar-refractivity contribution in [3.63, 3.8) is 0 Å². The maximum Gasteiger partial charge on any atom is 0.315 e. The van der Waals surface area contributed by atoms with Crippen LogP contribution in [0.5, 0.6) is 0 Å². The molecule has 0 bridgehead atoms. The molecule has 0 aromatic heterocycles. The van der Waals surface area contributed by atoms with Crippen molar-refractivity contribution in [1.82, 2.24) is 4.90 Å². The summed E-state index contributed by atoms with van der Waals surface area (Å²) in [5.41, 5.74) is 7.57. The Bertz CT molecular complexity index is 298. The van der Waals surface area contributed by atoms with Gasteiger partial charge in [0.2, 0.25) is 0 Å². The first kappa shape index (κ1) is 10.6. The zero-order chi connectivity index (χ0) is 10.6. The topological polar surface area (TPSA) is 46.3 Å². The summed E-state index contributed by atoms with van der Waals surface area (Å²) in [7, 11) is 0. The quantitative estimate of drug-likeness (QED) is 0.672. The van der Waals surface area contributed by atoms with Crippen molar-refractivity contribution in [2.24, 2.45) is 5.73 Å². The third kappa shape index (κ3) is 2.05. The number of benzene rings is 1. The van der Waals surface area contributed by atoms with Crippen LogP contribution >= 0.6 is 0 Å². The van der Waals surface area contributed by atoms with Crippen molar-refractivity contribution in [2.45, 2.75) is 26.9 Å². The van der Waals surface area contributed by atoms with Crippen LogP contribution in [0.15, 0.2) is 24.3 Å². The highest BCUT2D eigenvalue weighted by Gasteiger charge is 2.20. The van der Waals surface area contributed by atoms with Crippen molar-refractivity contribution in [1.29, 1.82) is 0 Å². The number of hydrogen-bond donors (Lipinski definition) is 1. The van der Waals surface area contributed by atoms with Crippen molar-refractivity contribution in [3.8, 4) is 0 Å². The molecule has 0 spiro atoms. The van der Waals surface area contributed by atoms with Gasteiger partial charge in [0.05, 0.1) is 0 Å². The molecule has 2 N–H and O–H groups in total. The largest absolute Gasteiger partial charge is 0.351 e. The molecule has 1 aliphatic rings. The molecule has 0 fully saturated rings. The maximum atomic E-state index is 10.8. The van der Waals surface area contributed by atoms with Gasteiger partial charge in [-0.2, -0.15) is 0 Å². The van der Waals surface area contributed by atoms with E-state index in [1.807, 2.05) is 38.1 Å². The van der Waals surface area contributed by atoms with Crippen molar-refractivity contribution in [3.05, 3.63) is 35.4 Å². The van der Waals surface area contributed by atoms with Crippen LogP contribution in [0.4, 0.5) is 4.79 Å². The lowest BCUT2D eigenvalue weighted by atomic mass is 10.1. The molecule has 1 aromatic carbocycles. The Morgan fingerprint density at radius 2 is 1.64 bits per heavy atom. The molecule has 0 radical (unpaired) electrons. The van der Waals surface area contributed by atoms with E-state index in [2.05, 4.69) is 0 Å². The standard InChI is InChI=1S/C9H10N2O.C2H6/c10-9(12)11-5-7-3-1-2-4-8(7)6-11;1-2/h1-4H,5-6H2,(H2,10,12);1-2H3. The molecule has 0 saturated heterocycles. The maximum absolute atomic E-state index is 10.8. The summed E-state index contributed by atoms with van der Waals surface area (Å²) < 4.78 is 0. The normalized spacial score (nSPS) is 12.9. The monoisotopic (exact) mass is 192 g/mol. The lowest BCUT2D eigenvalue weighted by Crippen LogP contribution is -2.30. The predicted molar refractivity (Wildman–Crippen MR) is 56.6 cm³/mol. The second-order valence-corrected chi connectivity index (χ2v) is 2.96. The summed E-state index contributed by atoms with van der Waals surface area (Å²) >= 11 is 0. The van der Waals surface area contributed by atoms with E-state index in [4.69, 9.17) is 5.73 Å². The number of urea groups is 1. The highest BCUT2D eigenvalue weighted by atomic mass is 16.2. The first-order valence-electron chi connectivity index (χ1n) is 4.88. The molecule has 0 unspecified atom stereocenters. The molecule has 1 aromatic rings. The molecule has 14 heavy (non-hydrogen) atoms. The van der Waals surface area contributed by atoms with E-state index in [0.717, 1.165) is 0 Å². The van der Waals surface area contributed by atoms with Gasteiger partial charge in [0.1, 0.15) is 0 Å². The van der Waals surface area contributed by atoms with Crippen LogP contribution in [-0.4, -0.2) is 10.9 Å². The number of hydrogen-bond acceptors (Lipinski definition) is 1. The number of fused-ring (bicyclic) bond motifs is 1. The van der Waals surface area contributed by atoms with Gasteiger partial charge in [-0.05, 0) is 11.1 Å². The molecule has 2 rings (SSSR count). The van der Waals surface area contributed by atoms with Crippen LogP contribution in [0.2, 0.25) is 0 Å². The molecule has 3 nitrogen and oxygen atoms in total. The SMILES string of the molecule is CC.NC(=O)N1Cc2ccccc2C1. The predicted octanol–water partition coefficient (Wildman–Crippen LogP) is 2.11. The Morgan fingerprint density at radius 1 is 1.21 bits per heavy atom. The Hall–Kier alpha value is -1.51. The number of carbonyl (C=O) groups excluding carboxylic acids is 1. The van der Waals surface area contributed by atoms with Crippen molar-refractivity contribution < 1.29 is 4.79 Å². The van der Waals surface area contributed by atoms with Gasteiger partial charge in [0.25, 0.3) is 0 Å². The van der Waals surface area contributed by atoms with Crippen LogP contribution in [0.25, 0.3) is 0 Å². The van der Waals surface area contributed by atoms with Gasteiger partial charge < -0.3 is 10.6 Å². The highest BCUT2D eigenvalue weighted by molar-refractivity contribution is 5.72. The van der Waals surface area contributed by atoms with E-state index in [1.165, 1.54) is 11.1 Å². The van der Waals surface area contributed by atoms with E-state index in [1.54, 1.807) is 4.90 Å². The zero-order valence-corrected chi connectivity index (χ0v) is 8.66. The van der Waals surface area contributed by atoms with Crippen LogP contribution in [-0.2, 0) is 13.1 Å². The fourth-order valence-electron chi connectivity index (χ4n) is 1.49. The Balaban J connectivity index is 0.000000461. The minimum Gasteiger partial charge on any atom is -0.351 e. The molecule has 2 amide bonds. The van der Waals surface area contributed by atoms with Gasteiger partial charge >= 0.3 is 6.03 Å². The van der Waals surface area contributed by atoms with E-state index in [0.29, 0.717) is 13.1 Å². The van der Waals surface area contributed by atoms with Crippen LogP contribution in [0.1, 0.15) is 25.0 Å². The molecule has 3 heteroatoms. The zero-order valence-electron chi connectivity index (χ0n) is 8.66. The second kappa shape index (κ2) is 4.65. The molecule has 0 atom stereocenters. The molecule has 76 valence electrons. The summed E-state index contributed by atoms with van der Waals surface area (Å²) in [4.78, 5) is 12.4. The van der Waals surface area contributed by atoms with Crippen molar-refractivity contribution >= 4 is 6.03 Å². The molecular weight excluding hydrogens is 176 g/mol. The summed E-state index contributed by atoms with van der Waals surface area (Å²) in [5, 5.41) is 0. The first-order chi connectivity index (χ1) is 6.77. The fourth-order valence-corrected chi connectivity index (χ4v) is 1.49. The third-order valence-corrected chi connectivity index (χ3v) is 2.15. The molecule has 0 aliphatic carbocycles. The van der Waals surface area contributed by atoms with E-state index >= 15 is 0 Å². The van der Waals surface area contributed by atoms with Gasteiger partial charge in [0.15, 0.2) is 0 Å². The third-order valence-electron chi connectivity index (χ3n) is 2.15.